The average Bonchev–Trinajstić information content (AvgIpc) is 2.70. The van der Waals surface area contributed by atoms with Gasteiger partial charge in [-0.2, -0.15) is 0 Å². The maximum atomic E-state index is 10.4. The summed E-state index contributed by atoms with van der Waals surface area (Å²) in [7, 11) is -2.57. The highest BCUT2D eigenvalue weighted by Crippen LogP contribution is 2.36. The quantitative estimate of drug-likeness (QED) is 0.627. The lowest BCUT2D eigenvalue weighted by Gasteiger charge is -2.43. The van der Waals surface area contributed by atoms with Crippen molar-refractivity contribution in [3.8, 4) is 0 Å². The van der Waals surface area contributed by atoms with E-state index in [4.69, 9.17) is 5.80 Å². The molecular weight excluding hydrogens is 364 g/mol. The van der Waals surface area contributed by atoms with Gasteiger partial charge in [-0.15, -0.1) is 0 Å². The third kappa shape index (κ3) is 5.77. The van der Waals surface area contributed by atoms with E-state index in [1.165, 1.54) is 10.4 Å². The van der Waals surface area contributed by atoms with Gasteiger partial charge in [0.15, 0.2) is 0 Å². The van der Waals surface area contributed by atoms with Crippen molar-refractivity contribution in [2.45, 2.75) is 70.6 Å². The molecule has 2 N–H and O–H groups in total. The van der Waals surface area contributed by atoms with E-state index in [1.807, 2.05) is 12.1 Å². The third-order valence-corrected chi connectivity index (χ3v) is 10.2. The number of hydrogen-bond donors (Lipinski definition) is 2. The second kappa shape index (κ2) is 9.36. The van der Waals surface area contributed by atoms with Gasteiger partial charge in [0.05, 0.1) is 11.7 Å². The molecule has 0 fully saturated rings. The fraction of sp³-hybridized carbons (Fsp3) is 0.500. The minimum absolute atomic E-state index is 0.0573. The molecule has 28 heavy (non-hydrogen) atoms. The molecule has 3 nitrogen and oxygen atoms in total. The topological polar surface area (TPSA) is 49.7 Å². The third-order valence-electron chi connectivity index (χ3n) is 5.20. The summed E-state index contributed by atoms with van der Waals surface area (Å²) in [5.74, 6) is 0. The summed E-state index contributed by atoms with van der Waals surface area (Å²) in [6, 6.07) is 20.9. The van der Waals surface area contributed by atoms with E-state index >= 15 is 0 Å². The normalized spacial score (nSPS) is 16.3. The number of benzene rings is 2. The summed E-state index contributed by atoms with van der Waals surface area (Å²) < 4.78 is 14.2. The highest BCUT2D eigenvalue weighted by Gasteiger charge is 2.50. The number of aliphatic hydroxyl groups is 2. The van der Waals surface area contributed by atoms with E-state index in [2.05, 4.69) is 69.3 Å². The number of aliphatic hydroxyl groups excluding tert-OH is 1. The fourth-order valence-corrected chi connectivity index (χ4v) is 8.31. The van der Waals surface area contributed by atoms with E-state index < -0.39 is 20.0 Å². The van der Waals surface area contributed by atoms with Crippen molar-refractivity contribution in [3.05, 3.63) is 60.7 Å². The van der Waals surface area contributed by atoms with Crippen LogP contribution in [-0.2, 0) is 4.43 Å². The molecule has 2 aromatic rings. The van der Waals surface area contributed by atoms with Gasteiger partial charge in [-0.25, -0.2) is 0 Å². The van der Waals surface area contributed by atoms with Gasteiger partial charge in [-0.1, -0.05) is 81.4 Å². The van der Waals surface area contributed by atoms with Crippen molar-refractivity contribution < 1.29 is 16.0 Å². The first kappa shape index (κ1) is 21.3. The van der Waals surface area contributed by atoms with Gasteiger partial charge in [-0.05, 0) is 48.5 Å². The van der Waals surface area contributed by atoms with Crippen LogP contribution in [0.25, 0.3) is 0 Å². The highest BCUT2D eigenvalue weighted by atomic mass is 28.4. The lowest BCUT2D eigenvalue weighted by Crippen LogP contribution is -2.66. The number of hydrogen-bond acceptors (Lipinski definition) is 3. The summed E-state index contributed by atoms with van der Waals surface area (Å²) in [5.41, 5.74) is -1.04. The molecule has 2 atom stereocenters. The average molecular weight is 402 g/mol. The molecule has 0 aromatic heterocycles. The molecule has 0 aliphatic heterocycles. The smallest absolute Gasteiger partial charge is 0.261 e. The van der Waals surface area contributed by atoms with Crippen molar-refractivity contribution >= 4 is 18.7 Å². The van der Waals surface area contributed by atoms with E-state index in [0.29, 0.717) is 25.9 Å². The maximum absolute atomic E-state index is 10.4. The van der Waals surface area contributed by atoms with Gasteiger partial charge in [0.25, 0.3) is 8.32 Å². The molecule has 0 saturated carbocycles. The van der Waals surface area contributed by atoms with E-state index in [0.717, 1.165) is 0 Å². The Morgan fingerprint density at radius 3 is 1.86 bits per heavy atom. The molecule has 0 bridgehead atoms. The molecule has 2 aromatic carbocycles. The Kier molecular flexibility index (Phi) is 7.10. The second-order valence-electron chi connectivity index (χ2n) is 8.99. The largest absolute Gasteiger partial charge is 0.407 e. The van der Waals surface area contributed by atoms with Crippen molar-refractivity contribution in [2.75, 3.05) is 6.61 Å². The van der Waals surface area contributed by atoms with Crippen LogP contribution < -0.4 is 10.4 Å². The summed E-state index contributed by atoms with van der Waals surface area (Å²) in [6.45, 7) is 8.75. The fourth-order valence-electron chi connectivity index (χ4n) is 3.73. The lowest BCUT2D eigenvalue weighted by molar-refractivity contribution is 0.0436. The van der Waals surface area contributed by atoms with Crippen LogP contribution in [-0.4, -0.2) is 36.8 Å². The standard InChI is InChI=1S/C24H36O3Si/c1-23(2,3)28(21-12-8-6-9-13-21,22-14-10-7-11-15-22)27-19-17-20(25)16-18-24(4,5)26/h6-15,20,25-26H,16-19H2,1-5H3/i4D. The van der Waals surface area contributed by atoms with Crippen molar-refractivity contribution in [1.82, 2.24) is 0 Å². The van der Waals surface area contributed by atoms with Crippen molar-refractivity contribution in [1.29, 1.82) is 0 Å². The molecule has 0 saturated heterocycles. The SMILES string of the molecule is [2H]CC(C)(O)CCC(O)CCO[Si](c1ccccc1)(c1ccccc1)C(C)(C)C. The van der Waals surface area contributed by atoms with E-state index in [-0.39, 0.29) is 11.9 Å². The monoisotopic (exact) mass is 401 g/mol. The van der Waals surface area contributed by atoms with Gasteiger partial charge in [0, 0.05) is 7.98 Å². The second-order valence-corrected chi connectivity index (χ2v) is 13.3. The van der Waals surface area contributed by atoms with Crippen LogP contribution in [0.5, 0.6) is 0 Å². The van der Waals surface area contributed by atoms with Crippen LogP contribution in [0.2, 0.25) is 5.04 Å². The molecule has 2 unspecified atom stereocenters. The first-order chi connectivity index (χ1) is 13.6. The molecule has 0 radical (unpaired) electrons. The molecule has 0 spiro atoms. The zero-order chi connectivity index (χ0) is 21.5. The van der Waals surface area contributed by atoms with Gasteiger partial charge >= 0.3 is 0 Å². The lowest BCUT2D eigenvalue weighted by atomic mass is 9.99. The van der Waals surface area contributed by atoms with E-state index in [1.54, 1.807) is 6.92 Å². The molecule has 154 valence electrons. The Morgan fingerprint density at radius 1 is 0.929 bits per heavy atom. The van der Waals surface area contributed by atoms with E-state index in [9.17, 15) is 10.2 Å². The molecule has 2 rings (SSSR count). The Labute approximate surface area is 172 Å². The van der Waals surface area contributed by atoms with Crippen LogP contribution in [0.1, 0.15) is 55.2 Å². The Balaban J connectivity index is 2.23. The zero-order valence-electron chi connectivity index (χ0n) is 18.7. The van der Waals surface area contributed by atoms with Gasteiger partial charge in [0.1, 0.15) is 0 Å². The van der Waals surface area contributed by atoms with Gasteiger partial charge in [0.2, 0.25) is 0 Å². The molecular formula is C24H36O3Si. The summed E-state index contributed by atoms with van der Waals surface area (Å²) in [6.07, 6.45) is 0.845. The predicted octanol–water partition coefficient (Wildman–Crippen LogP) is 3.87. The van der Waals surface area contributed by atoms with Crippen LogP contribution >= 0.6 is 0 Å². The number of rotatable bonds is 9. The minimum Gasteiger partial charge on any atom is -0.407 e. The molecule has 0 amide bonds. The molecule has 0 aliphatic carbocycles. The zero-order valence-corrected chi connectivity index (χ0v) is 18.7. The van der Waals surface area contributed by atoms with Crippen molar-refractivity contribution in [2.24, 2.45) is 0 Å². The Hall–Kier alpha value is -1.46. The maximum Gasteiger partial charge on any atom is 0.261 e. The molecule has 4 heteroatoms. The summed E-state index contributed by atoms with van der Waals surface area (Å²) in [5, 5.41) is 22.8. The first-order valence-electron chi connectivity index (χ1n) is 10.8. The van der Waals surface area contributed by atoms with Crippen molar-refractivity contribution in [3.63, 3.8) is 0 Å². The van der Waals surface area contributed by atoms with Gasteiger partial charge in [-0.3, -0.25) is 0 Å². The summed E-state index contributed by atoms with van der Waals surface area (Å²) in [4.78, 5) is 0. The molecule has 0 heterocycles. The van der Waals surface area contributed by atoms with Crippen LogP contribution in [0.15, 0.2) is 60.7 Å². The Bertz CT molecular complexity index is 689. The highest BCUT2D eigenvalue weighted by molar-refractivity contribution is 6.99. The summed E-state index contributed by atoms with van der Waals surface area (Å²) >= 11 is 0. The van der Waals surface area contributed by atoms with Gasteiger partial charge < -0.3 is 14.6 Å². The van der Waals surface area contributed by atoms with Crippen LogP contribution in [0, 0.1) is 0 Å². The predicted molar refractivity (Wildman–Crippen MR) is 120 cm³/mol. The van der Waals surface area contributed by atoms with Crippen LogP contribution in [0.4, 0.5) is 0 Å². The first-order valence-corrected chi connectivity index (χ1v) is 12.0. The minimum atomic E-state index is -2.57. The Morgan fingerprint density at radius 2 is 1.43 bits per heavy atom. The van der Waals surface area contributed by atoms with Crippen LogP contribution in [0.3, 0.4) is 0 Å². The molecule has 0 aliphatic rings.